The number of alkyl halides is 3. The lowest BCUT2D eigenvalue weighted by Crippen LogP contribution is -2.42. The number of hydrogen-bond donors (Lipinski definition) is 1. The van der Waals surface area contributed by atoms with Crippen molar-refractivity contribution in [1.82, 2.24) is 5.32 Å². The number of nitrogens with one attached hydrogen (secondary N) is 1. The first-order valence-corrected chi connectivity index (χ1v) is 8.99. The number of likely N-dealkylation sites (N-methyl/N-ethyl adjacent to an activating group) is 1. The van der Waals surface area contributed by atoms with Gasteiger partial charge in [0.05, 0.1) is 16.1 Å². The molecule has 0 aromatic heterocycles. The van der Waals surface area contributed by atoms with Gasteiger partial charge in [0.15, 0.2) is 0 Å². The topological polar surface area (TPSA) is 56.1 Å². The van der Waals surface area contributed by atoms with Crippen molar-refractivity contribution in [1.29, 1.82) is 5.26 Å². The molecule has 1 atom stereocenters. The van der Waals surface area contributed by atoms with Crippen molar-refractivity contribution in [3.63, 3.8) is 0 Å². The van der Waals surface area contributed by atoms with E-state index < -0.39 is 23.6 Å². The minimum absolute atomic E-state index is 0.0427. The summed E-state index contributed by atoms with van der Waals surface area (Å²) >= 11 is 6.10. The average molecular weight is 428 g/mol. The summed E-state index contributed by atoms with van der Waals surface area (Å²) in [6, 6.07) is 8.38. The highest BCUT2D eigenvalue weighted by Gasteiger charge is 2.34. The van der Waals surface area contributed by atoms with E-state index >= 15 is 0 Å². The minimum Gasteiger partial charge on any atom is -0.362 e. The molecule has 2 rings (SSSR count). The van der Waals surface area contributed by atoms with E-state index in [9.17, 15) is 22.4 Å². The van der Waals surface area contributed by atoms with Crippen LogP contribution in [0.2, 0.25) is 5.02 Å². The van der Waals surface area contributed by atoms with Crippen molar-refractivity contribution >= 4 is 23.6 Å². The highest BCUT2D eigenvalue weighted by atomic mass is 35.5. The highest BCUT2D eigenvalue weighted by molar-refractivity contribution is 6.32. The summed E-state index contributed by atoms with van der Waals surface area (Å²) in [6.45, 7) is 0.0659. The number of benzene rings is 2. The Labute approximate surface area is 170 Å². The van der Waals surface area contributed by atoms with Gasteiger partial charge >= 0.3 is 6.18 Å². The molecule has 1 N–H and O–H groups in total. The Balaban J connectivity index is 2.56. The second-order valence-corrected chi connectivity index (χ2v) is 6.72. The first-order valence-electron chi connectivity index (χ1n) is 8.61. The maximum absolute atomic E-state index is 13.5. The predicted octanol–water partition coefficient (Wildman–Crippen LogP) is 4.55. The molecule has 0 aliphatic carbocycles. The number of halogens is 5. The molecule has 2 aromatic carbocycles. The fourth-order valence-electron chi connectivity index (χ4n) is 3.01. The molecule has 0 saturated heterocycles. The third-order valence-corrected chi connectivity index (χ3v) is 4.68. The third-order valence-electron chi connectivity index (χ3n) is 4.37. The smallest absolute Gasteiger partial charge is 0.362 e. The van der Waals surface area contributed by atoms with Gasteiger partial charge < -0.3 is 15.0 Å². The normalized spacial score (nSPS) is 12.3. The van der Waals surface area contributed by atoms with Gasteiger partial charge in [0, 0.05) is 31.2 Å². The molecule has 0 aliphatic heterocycles. The molecule has 0 bridgehead atoms. The summed E-state index contributed by atoms with van der Waals surface area (Å²) in [5.74, 6) is -0.992. The summed E-state index contributed by atoms with van der Waals surface area (Å²) < 4.78 is 53.7. The zero-order chi connectivity index (χ0) is 21.6. The van der Waals surface area contributed by atoms with Crippen LogP contribution in [0.15, 0.2) is 36.4 Å². The van der Waals surface area contributed by atoms with Crippen LogP contribution in [-0.4, -0.2) is 25.9 Å². The van der Waals surface area contributed by atoms with Crippen LogP contribution in [-0.2, 0) is 17.5 Å². The molecule has 0 amide bonds. The lowest BCUT2D eigenvalue weighted by molar-refractivity contribution is -0.138. The van der Waals surface area contributed by atoms with E-state index in [1.54, 1.807) is 18.0 Å². The van der Waals surface area contributed by atoms with Crippen LogP contribution >= 0.6 is 11.6 Å². The van der Waals surface area contributed by atoms with E-state index in [1.807, 2.05) is 6.07 Å². The number of nitriles is 1. The van der Waals surface area contributed by atoms with Gasteiger partial charge in [0.1, 0.15) is 18.2 Å². The molecular weight excluding hydrogens is 410 g/mol. The Kier molecular flexibility index (Phi) is 7.59. The number of carbonyl (C=O) groups is 1. The summed E-state index contributed by atoms with van der Waals surface area (Å²) in [4.78, 5) is 12.7. The third kappa shape index (κ3) is 5.68. The molecule has 2 aromatic rings. The van der Waals surface area contributed by atoms with E-state index in [0.717, 1.165) is 12.1 Å². The second-order valence-electron chi connectivity index (χ2n) is 6.32. The zero-order valence-corrected chi connectivity index (χ0v) is 16.2. The van der Waals surface area contributed by atoms with Gasteiger partial charge in [-0.1, -0.05) is 17.7 Å². The maximum Gasteiger partial charge on any atom is 0.416 e. The Morgan fingerprint density at radius 2 is 2.00 bits per heavy atom. The van der Waals surface area contributed by atoms with Crippen LogP contribution < -0.4 is 10.2 Å². The molecule has 0 spiro atoms. The first kappa shape index (κ1) is 22.7. The van der Waals surface area contributed by atoms with Gasteiger partial charge in [0.2, 0.25) is 0 Å². The van der Waals surface area contributed by atoms with Crippen LogP contribution in [0.5, 0.6) is 0 Å². The number of hydrogen-bond acceptors (Lipinski definition) is 4. The number of anilines is 1. The SMILES string of the molecule is CNC[C@H](CC=O)N(Cc1ccc(F)cc1C(F)(F)F)c1ccc(C#N)c(Cl)c1. The van der Waals surface area contributed by atoms with Crippen molar-refractivity contribution in [2.24, 2.45) is 0 Å². The van der Waals surface area contributed by atoms with E-state index in [0.29, 0.717) is 24.6 Å². The molecule has 0 heterocycles. The molecule has 0 aliphatic rings. The Morgan fingerprint density at radius 3 is 2.55 bits per heavy atom. The lowest BCUT2D eigenvalue weighted by atomic mass is 10.0. The van der Waals surface area contributed by atoms with Crippen molar-refractivity contribution in [2.45, 2.75) is 25.2 Å². The molecule has 29 heavy (non-hydrogen) atoms. The van der Waals surface area contributed by atoms with E-state index in [4.69, 9.17) is 16.9 Å². The number of carbonyl (C=O) groups excluding carboxylic acids is 1. The summed E-state index contributed by atoms with van der Waals surface area (Å²) in [7, 11) is 1.65. The monoisotopic (exact) mass is 427 g/mol. The fraction of sp³-hybridized carbons (Fsp3) is 0.300. The minimum atomic E-state index is -4.74. The second kappa shape index (κ2) is 9.72. The fourth-order valence-corrected chi connectivity index (χ4v) is 3.22. The van der Waals surface area contributed by atoms with Gasteiger partial charge in [0.25, 0.3) is 0 Å². The highest BCUT2D eigenvalue weighted by Crippen LogP contribution is 2.35. The Bertz CT molecular complexity index is 912. The molecule has 0 radical (unpaired) electrons. The Hall–Kier alpha value is -2.63. The quantitative estimate of drug-likeness (QED) is 0.496. The van der Waals surface area contributed by atoms with Crippen LogP contribution in [0.25, 0.3) is 0 Å². The van der Waals surface area contributed by atoms with Crippen molar-refractivity contribution in [3.8, 4) is 6.07 Å². The van der Waals surface area contributed by atoms with Crippen molar-refractivity contribution in [2.75, 3.05) is 18.5 Å². The van der Waals surface area contributed by atoms with Crippen molar-refractivity contribution < 1.29 is 22.4 Å². The molecule has 0 unspecified atom stereocenters. The summed E-state index contributed by atoms with van der Waals surface area (Å²) in [6.07, 6.45) is -4.02. The van der Waals surface area contributed by atoms with E-state index in [-0.39, 0.29) is 29.1 Å². The van der Waals surface area contributed by atoms with Gasteiger partial charge in [-0.2, -0.15) is 18.4 Å². The van der Waals surface area contributed by atoms with Gasteiger partial charge in [-0.3, -0.25) is 0 Å². The van der Waals surface area contributed by atoms with E-state index in [2.05, 4.69) is 5.32 Å². The summed E-state index contributed by atoms with van der Waals surface area (Å²) in [5, 5.41) is 12.1. The van der Waals surface area contributed by atoms with Crippen LogP contribution in [0.4, 0.5) is 23.2 Å². The van der Waals surface area contributed by atoms with Crippen molar-refractivity contribution in [3.05, 3.63) is 63.9 Å². The number of nitrogens with zero attached hydrogens (tertiary/aromatic N) is 2. The predicted molar refractivity (Wildman–Crippen MR) is 102 cm³/mol. The molecule has 0 fully saturated rings. The molecule has 0 saturated carbocycles. The molecule has 9 heteroatoms. The maximum atomic E-state index is 13.5. The van der Waals surface area contributed by atoms with Crippen LogP contribution in [0.1, 0.15) is 23.1 Å². The van der Waals surface area contributed by atoms with Gasteiger partial charge in [-0.05, 0) is 42.9 Å². The molecule has 4 nitrogen and oxygen atoms in total. The first-order chi connectivity index (χ1) is 13.7. The van der Waals surface area contributed by atoms with Gasteiger partial charge in [-0.15, -0.1) is 0 Å². The Morgan fingerprint density at radius 1 is 1.28 bits per heavy atom. The largest absolute Gasteiger partial charge is 0.416 e. The van der Waals surface area contributed by atoms with Crippen LogP contribution in [0, 0.1) is 17.1 Å². The standard InChI is InChI=1S/C20H18ClF4N3O/c1-27-11-17(6-7-29)28(16-5-3-13(10-26)19(21)9-16)12-14-2-4-15(22)8-18(14)20(23,24)25/h2-5,7-9,17,27H,6,11-12H2,1H3/t17-/m0/s1. The summed E-state index contributed by atoms with van der Waals surface area (Å²) in [5.41, 5.74) is -0.579. The van der Waals surface area contributed by atoms with Gasteiger partial charge in [-0.25, -0.2) is 4.39 Å². The zero-order valence-electron chi connectivity index (χ0n) is 15.4. The number of rotatable bonds is 8. The van der Waals surface area contributed by atoms with E-state index in [1.165, 1.54) is 12.1 Å². The van der Waals surface area contributed by atoms with Crippen LogP contribution in [0.3, 0.4) is 0 Å². The lowest BCUT2D eigenvalue weighted by Gasteiger charge is -2.34. The molecule has 154 valence electrons. The average Bonchev–Trinajstić information content (AvgIpc) is 2.66. The number of aldehydes is 1. The molecular formula is C20H18ClF4N3O.